The lowest BCUT2D eigenvalue weighted by Gasteiger charge is -2.37. The molecule has 4 rings (SSSR count). The van der Waals surface area contributed by atoms with Crippen LogP contribution < -0.4 is 0 Å². The second-order valence-corrected chi connectivity index (χ2v) is 7.64. The van der Waals surface area contributed by atoms with Crippen LogP contribution >= 0.6 is 0 Å². The van der Waals surface area contributed by atoms with Gasteiger partial charge in [-0.25, -0.2) is 0 Å². The highest BCUT2D eigenvalue weighted by Gasteiger charge is 2.38. The van der Waals surface area contributed by atoms with Crippen LogP contribution in [-0.2, 0) is 16.5 Å². The minimum Gasteiger partial charge on any atom is -0.380 e. The van der Waals surface area contributed by atoms with Crippen LogP contribution in [0.1, 0.15) is 45.9 Å². The number of hydrogen-bond acceptors (Lipinski definition) is 4. The van der Waals surface area contributed by atoms with Gasteiger partial charge in [-0.3, -0.25) is 9.78 Å². The van der Waals surface area contributed by atoms with Crippen molar-refractivity contribution in [2.24, 2.45) is 0 Å². The van der Waals surface area contributed by atoms with Crippen molar-refractivity contribution in [3.8, 4) is 0 Å². The van der Waals surface area contributed by atoms with Gasteiger partial charge >= 0.3 is 6.18 Å². The van der Waals surface area contributed by atoms with Gasteiger partial charge in [-0.1, -0.05) is 18.2 Å². The van der Waals surface area contributed by atoms with Gasteiger partial charge in [0.25, 0.3) is 5.91 Å². The van der Waals surface area contributed by atoms with Crippen molar-refractivity contribution in [3.63, 3.8) is 0 Å². The van der Waals surface area contributed by atoms with Crippen molar-refractivity contribution in [2.45, 2.75) is 30.5 Å². The summed E-state index contributed by atoms with van der Waals surface area (Å²) in [5.41, 5.74) is 0.192. The van der Waals surface area contributed by atoms with Gasteiger partial charge in [0.1, 0.15) is 11.3 Å². The maximum atomic E-state index is 12.7. The van der Waals surface area contributed by atoms with E-state index in [0.29, 0.717) is 31.5 Å². The Labute approximate surface area is 166 Å². The molecule has 0 radical (unpaired) electrons. The number of rotatable bonds is 3. The van der Waals surface area contributed by atoms with Crippen molar-refractivity contribution >= 4 is 5.91 Å². The molecule has 0 unspecified atom stereocenters. The van der Waals surface area contributed by atoms with Crippen LogP contribution in [-0.4, -0.2) is 47.2 Å². The second-order valence-electron chi connectivity index (χ2n) is 7.64. The molecule has 0 atom stereocenters. The van der Waals surface area contributed by atoms with Crippen LogP contribution in [0.25, 0.3) is 0 Å². The van der Waals surface area contributed by atoms with Gasteiger partial charge in [0.2, 0.25) is 0 Å². The Morgan fingerprint density at radius 1 is 1.10 bits per heavy atom. The fraction of sp³-hybridized carbons (Fsp3) is 0.429. The number of likely N-dealkylation sites (tertiary alicyclic amines) is 1. The first-order valence-corrected chi connectivity index (χ1v) is 9.49. The predicted octanol–water partition coefficient (Wildman–Crippen LogP) is 3.34. The van der Waals surface area contributed by atoms with E-state index in [2.05, 4.69) is 4.98 Å². The molecule has 2 fully saturated rings. The van der Waals surface area contributed by atoms with Crippen molar-refractivity contribution in [2.75, 3.05) is 26.3 Å². The molecule has 0 bridgehead atoms. The summed E-state index contributed by atoms with van der Waals surface area (Å²) in [4.78, 5) is 18.0. The summed E-state index contributed by atoms with van der Waals surface area (Å²) in [5.74, 6) is 0.00136. The van der Waals surface area contributed by atoms with Crippen LogP contribution in [0.15, 0.2) is 42.6 Å². The zero-order chi connectivity index (χ0) is 20.6. The number of carbonyl (C=O) groups is 1. The number of aliphatic hydroxyl groups is 1. The molecule has 0 spiro atoms. The number of aromatic nitrogens is 1. The molecule has 0 saturated carbocycles. The minimum absolute atomic E-state index is 0.0857. The number of carbonyl (C=O) groups excluding carboxylic acids is 1. The molecule has 0 aliphatic carbocycles. The fourth-order valence-corrected chi connectivity index (χ4v) is 3.80. The molecule has 2 aromatic rings. The topological polar surface area (TPSA) is 62.7 Å². The number of pyridine rings is 1. The standard InChI is InChI=1S/C21H21F3N2O3/c22-21(23,24)18-6-3-16(11-25-18)14-7-9-26(10-8-14)19(27)15-1-4-17(5-2-15)20(28)12-29-13-20/h1-6,11,14,28H,7-10,12-13H2. The first kappa shape index (κ1) is 19.8. The zero-order valence-corrected chi connectivity index (χ0v) is 15.7. The first-order chi connectivity index (χ1) is 13.8. The van der Waals surface area contributed by atoms with Gasteiger partial charge in [-0.15, -0.1) is 0 Å². The van der Waals surface area contributed by atoms with E-state index in [9.17, 15) is 23.1 Å². The Kier molecular flexibility index (Phi) is 5.08. The molecule has 2 saturated heterocycles. The lowest BCUT2D eigenvalue weighted by atomic mass is 9.89. The molecular weight excluding hydrogens is 385 g/mol. The highest BCUT2D eigenvalue weighted by Crippen LogP contribution is 2.32. The molecule has 1 amide bonds. The van der Waals surface area contributed by atoms with Crippen molar-refractivity contribution < 1.29 is 27.8 Å². The molecule has 5 nitrogen and oxygen atoms in total. The predicted molar refractivity (Wildman–Crippen MR) is 98.3 cm³/mol. The Morgan fingerprint density at radius 3 is 2.24 bits per heavy atom. The van der Waals surface area contributed by atoms with Crippen LogP contribution in [0.3, 0.4) is 0 Å². The monoisotopic (exact) mass is 406 g/mol. The SMILES string of the molecule is O=C(c1ccc(C2(O)COC2)cc1)N1CCC(c2ccc(C(F)(F)F)nc2)CC1. The summed E-state index contributed by atoms with van der Waals surface area (Å²) in [6, 6.07) is 9.40. The van der Waals surface area contributed by atoms with Gasteiger partial charge in [0.05, 0.1) is 13.2 Å². The van der Waals surface area contributed by atoms with E-state index in [1.807, 2.05) is 0 Å². The third-order valence-corrected chi connectivity index (χ3v) is 5.68. The quantitative estimate of drug-likeness (QED) is 0.849. The van der Waals surface area contributed by atoms with E-state index < -0.39 is 17.5 Å². The average Bonchev–Trinajstić information content (AvgIpc) is 2.71. The smallest absolute Gasteiger partial charge is 0.380 e. The largest absolute Gasteiger partial charge is 0.433 e. The Bertz CT molecular complexity index is 870. The number of nitrogens with zero attached hydrogens (tertiary/aromatic N) is 2. The highest BCUT2D eigenvalue weighted by atomic mass is 19.4. The molecule has 1 N–H and O–H groups in total. The molecule has 1 aromatic carbocycles. The number of hydrogen-bond donors (Lipinski definition) is 1. The van der Waals surface area contributed by atoms with Crippen LogP contribution in [0.2, 0.25) is 0 Å². The maximum absolute atomic E-state index is 12.7. The Morgan fingerprint density at radius 2 is 1.76 bits per heavy atom. The van der Waals surface area contributed by atoms with Crippen molar-refractivity contribution in [3.05, 3.63) is 65.0 Å². The normalized spacial score (nSPS) is 19.7. The summed E-state index contributed by atoms with van der Waals surface area (Å²) in [5, 5.41) is 10.3. The molecule has 154 valence electrons. The maximum Gasteiger partial charge on any atom is 0.433 e. The molecule has 2 aliphatic rings. The molecule has 8 heteroatoms. The number of benzene rings is 1. The van der Waals surface area contributed by atoms with Crippen molar-refractivity contribution in [1.82, 2.24) is 9.88 Å². The number of ether oxygens (including phenoxy) is 1. The summed E-state index contributed by atoms with van der Waals surface area (Å²) >= 11 is 0. The second kappa shape index (κ2) is 7.42. The van der Waals surface area contributed by atoms with Crippen LogP contribution in [0.4, 0.5) is 13.2 Å². The third-order valence-electron chi connectivity index (χ3n) is 5.68. The van der Waals surface area contributed by atoms with Crippen molar-refractivity contribution in [1.29, 1.82) is 0 Å². The number of halogens is 3. The molecule has 3 heterocycles. The van der Waals surface area contributed by atoms with Gasteiger partial charge in [-0.2, -0.15) is 13.2 Å². The summed E-state index contributed by atoms with van der Waals surface area (Å²) in [6.45, 7) is 1.58. The molecular formula is C21H21F3N2O3. The summed E-state index contributed by atoms with van der Waals surface area (Å²) < 4.78 is 43.0. The van der Waals surface area contributed by atoms with E-state index in [-0.39, 0.29) is 25.0 Å². The van der Waals surface area contributed by atoms with Crippen LogP contribution in [0.5, 0.6) is 0 Å². The van der Waals surface area contributed by atoms with E-state index in [0.717, 1.165) is 17.2 Å². The van der Waals surface area contributed by atoms with Gasteiger partial charge in [0, 0.05) is 24.8 Å². The lowest BCUT2D eigenvalue weighted by Crippen LogP contribution is -2.46. The minimum atomic E-state index is -4.44. The van der Waals surface area contributed by atoms with Crippen LogP contribution in [0, 0.1) is 0 Å². The Balaban J connectivity index is 1.36. The van der Waals surface area contributed by atoms with Gasteiger partial charge in [0.15, 0.2) is 0 Å². The molecule has 1 aromatic heterocycles. The van der Waals surface area contributed by atoms with E-state index in [1.54, 1.807) is 29.2 Å². The van der Waals surface area contributed by atoms with E-state index in [1.165, 1.54) is 12.3 Å². The fourth-order valence-electron chi connectivity index (χ4n) is 3.80. The highest BCUT2D eigenvalue weighted by molar-refractivity contribution is 5.94. The number of piperidine rings is 1. The average molecular weight is 406 g/mol. The first-order valence-electron chi connectivity index (χ1n) is 9.49. The van der Waals surface area contributed by atoms with E-state index >= 15 is 0 Å². The lowest BCUT2D eigenvalue weighted by molar-refractivity contribution is -0.184. The summed E-state index contributed by atoms with van der Waals surface area (Å²) in [7, 11) is 0. The Hall–Kier alpha value is -2.45. The number of alkyl halides is 3. The number of amides is 1. The molecule has 29 heavy (non-hydrogen) atoms. The molecule has 2 aliphatic heterocycles. The van der Waals surface area contributed by atoms with Gasteiger partial charge in [-0.05, 0) is 48.1 Å². The summed E-state index contributed by atoms with van der Waals surface area (Å²) in [6.07, 6.45) is -1.80. The third kappa shape index (κ3) is 4.00. The zero-order valence-electron chi connectivity index (χ0n) is 15.7. The van der Waals surface area contributed by atoms with E-state index in [4.69, 9.17) is 4.74 Å². The van der Waals surface area contributed by atoms with Gasteiger partial charge < -0.3 is 14.7 Å².